The van der Waals surface area contributed by atoms with Gasteiger partial charge in [0.25, 0.3) is 0 Å². The predicted molar refractivity (Wildman–Crippen MR) is 72.3 cm³/mol. The summed E-state index contributed by atoms with van der Waals surface area (Å²) in [5.41, 5.74) is 3.71. The Bertz CT molecular complexity index is 586. The van der Waals surface area contributed by atoms with Crippen LogP contribution in [0.4, 0.5) is 0 Å². The molecule has 1 aliphatic carbocycles. The Morgan fingerprint density at radius 1 is 1.22 bits per heavy atom. The fourth-order valence-electron chi connectivity index (χ4n) is 2.78. The van der Waals surface area contributed by atoms with Gasteiger partial charge in [0.1, 0.15) is 0 Å². The molecule has 0 amide bonds. The predicted octanol–water partition coefficient (Wildman–Crippen LogP) is 3.45. The molecule has 0 spiro atoms. The molecule has 1 unspecified atom stereocenters. The van der Waals surface area contributed by atoms with E-state index < -0.39 is 5.97 Å². The van der Waals surface area contributed by atoms with Crippen LogP contribution in [0.1, 0.15) is 33.9 Å². The molecule has 2 aromatic rings. The van der Waals surface area contributed by atoms with Gasteiger partial charge in [0, 0.05) is 10.8 Å². The lowest BCUT2D eigenvalue weighted by molar-refractivity contribution is -0.137. The van der Waals surface area contributed by atoms with Crippen molar-refractivity contribution in [1.82, 2.24) is 0 Å². The maximum absolute atomic E-state index is 11.1. The van der Waals surface area contributed by atoms with Crippen LogP contribution in [0.3, 0.4) is 0 Å². The molecule has 92 valence electrons. The highest BCUT2D eigenvalue weighted by Gasteiger charge is 2.26. The van der Waals surface area contributed by atoms with Gasteiger partial charge in [-0.15, -0.1) is 11.3 Å². The Labute approximate surface area is 110 Å². The second-order valence-corrected chi connectivity index (χ2v) is 5.65. The first-order valence-electron chi connectivity index (χ1n) is 6.11. The van der Waals surface area contributed by atoms with E-state index in [0.29, 0.717) is 0 Å². The molecule has 3 rings (SSSR count). The summed E-state index contributed by atoms with van der Waals surface area (Å²) in [6, 6.07) is 10.3. The van der Waals surface area contributed by atoms with Crippen molar-refractivity contribution in [2.24, 2.45) is 0 Å². The molecule has 1 atom stereocenters. The van der Waals surface area contributed by atoms with E-state index in [2.05, 4.69) is 23.6 Å². The number of carboxylic acids is 1. The van der Waals surface area contributed by atoms with Crippen molar-refractivity contribution in [3.05, 3.63) is 57.3 Å². The molecular weight excluding hydrogens is 244 g/mol. The van der Waals surface area contributed by atoms with Crippen LogP contribution in [0.2, 0.25) is 0 Å². The third-order valence-electron chi connectivity index (χ3n) is 3.59. The van der Waals surface area contributed by atoms with Crippen molar-refractivity contribution in [1.29, 1.82) is 0 Å². The fourth-order valence-corrected chi connectivity index (χ4v) is 3.72. The molecule has 1 aromatic carbocycles. The highest BCUT2D eigenvalue weighted by molar-refractivity contribution is 7.10. The monoisotopic (exact) mass is 258 g/mol. The van der Waals surface area contributed by atoms with Crippen molar-refractivity contribution in [2.75, 3.05) is 0 Å². The van der Waals surface area contributed by atoms with Crippen LogP contribution >= 0.6 is 11.3 Å². The minimum atomic E-state index is -0.728. The van der Waals surface area contributed by atoms with E-state index in [1.54, 1.807) is 11.3 Å². The topological polar surface area (TPSA) is 37.3 Å². The molecule has 18 heavy (non-hydrogen) atoms. The first kappa shape index (κ1) is 11.5. The van der Waals surface area contributed by atoms with Gasteiger partial charge < -0.3 is 5.11 Å². The van der Waals surface area contributed by atoms with Crippen molar-refractivity contribution in [3.8, 4) is 0 Å². The highest BCUT2D eigenvalue weighted by Crippen LogP contribution is 2.38. The van der Waals surface area contributed by atoms with Gasteiger partial charge in [-0.25, -0.2) is 0 Å². The summed E-state index contributed by atoms with van der Waals surface area (Å²) >= 11 is 1.75. The molecule has 0 aliphatic heterocycles. The van der Waals surface area contributed by atoms with Gasteiger partial charge >= 0.3 is 5.97 Å². The number of carbonyl (C=O) groups is 1. The number of hydrogen-bond donors (Lipinski definition) is 1. The third kappa shape index (κ3) is 1.95. The highest BCUT2D eigenvalue weighted by atomic mass is 32.1. The molecule has 1 N–H and O–H groups in total. The molecular formula is C15H14O2S. The van der Waals surface area contributed by atoms with Crippen LogP contribution in [-0.4, -0.2) is 11.1 Å². The van der Waals surface area contributed by atoms with Gasteiger partial charge in [-0.1, -0.05) is 24.3 Å². The Morgan fingerprint density at radius 3 is 2.89 bits per heavy atom. The zero-order valence-corrected chi connectivity index (χ0v) is 10.7. The van der Waals surface area contributed by atoms with Gasteiger partial charge in [0.15, 0.2) is 0 Å². The molecule has 2 nitrogen and oxygen atoms in total. The standard InChI is InChI=1S/C15H14O2S/c16-15(17)9-13-11-4-2-1-3-10(11)5-6-14-12(13)7-8-18-14/h1-4,7-8,13H,5-6,9H2,(H,16,17). The summed E-state index contributed by atoms with van der Waals surface area (Å²) in [5, 5.41) is 11.2. The largest absolute Gasteiger partial charge is 0.481 e. The van der Waals surface area contributed by atoms with Crippen molar-refractivity contribution < 1.29 is 9.90 Å². The van der Waals surface area contributed by atoms with E-state index >= 15 is 0 Å². The van der Waals surface area contributed by atoms with E-state index in [4.69, 9.17) is 5.11 Å². The molecule has 3 heteroatoms. The number of hydrogen-bond acceptors (Lipinski definition) is 2. The van der Waals surface area contributed by atoms with Gasteiger partial charge in [-0.3, -0.25) is 4.79 Å². The number of benzene rings is 1. The van der Waals surface area contributed by atoms with E-state index in [1.807, 2.05) is 12.1 Å². The molecule has 1 aromatic heterocycles. The molecule has 0 fully saturated rings. The number of aliphatic carboxylic acids is 1. The van der Waals surface area contributed by atoms with Gasteiger partial charge in [0.05, 0.1) is 6.42 Å². The fraction of sp³-hybridized carbons (Fsp3) is 0.267. The normalized spacial score (nSPS) is 17.7. The average Bonchev–Trinajstić information content (AvgIpc) is 2.77. The van der Waals surface area contributed by atoms with E-state index in [-0.39, 0.29) is 12.3 Å². The summed E-state index contributed by atoms with van der Waals surface area (Å²) in [5.74, 6) is -0.712. The quantitative estimate of drug-likeness (QED) is 0.895. The van der Waals surface area contributed by atoms with Crippen LogP contribution < -0.4 is 0 Å². The minimum Gasteiger partial charge on any atom is -0.481 e. The van der Waals surface area contributed by atoms with Gasteiger partial charge in [-0.2, -0.15) is 0 Å². The van der Waals surface area contributed by atoms with E-state index in [0.717, 1.165) is 12.8 Å². The smallest absolute Gasteiger partial charge is 0.304 e. The summed E-state index contributed by atoms with van der Waals surface area (Å²) in [6.45, 7) is 0. The Balaban J connectivity index is 2.13. The Hall–Kier alpha value is -1.61. The first-order valence-corrected chi connectivity index (χ1v) is 6.99. The van der Waals surface area contributed by atoms with Crippen molar-refractivity contribution in [2.45, 2.75) is 25.2 Å². The number of rotatable bonds is 2. The first-order chi connectivity index (χ1) is 8.75. The molecule has 0 bridgehead atoms. The second-order valence-electron chi connectivity index (χ2n) is 4.65. The van der Waals surface area contributed by atoms with Crippen LogP contribution in [0.25, 0.3) is 0 Å². The molecule has 0 radical (unpaired) electrons. The molecule has 1 heterocycles. The SMILES string of the molecule is O=C(O)CC1c2ccccc2CCc2sccc21. The van der Waals surface area contributed by atoms with Crippen LogP contribution in [0.5, 0.6) is 0 Å². The van der Waals surface area contributed by atoms with Crippen molar-refractivity contribution in [3.63, 3.8) is 0 Å². The lowest BCUT2D eigenvalue weighted by Crippen LogP contribution is -2.08. The summed E-state index contributed by atoms with van der Waals surface area (Å²) < 4.78 is 0. The van der Waals surface area contributed by atoms with Gasteiger partial charge in [0.2, 0.25) is 0 Å². The van der Waals surface area contributed by atoms with Gasteiger partial charge in [-0.05, 0) is 41.0 Å². The molecule has 0 saturated heterocycles. The maximum Gasteiger partial charge on any atom is 0.304 e. The number of carboxylic acid groups (broad SMARTS) is 1. The van der Waals surface area contributed by atoms with Crippen LogP contribution in [0, 0.1) is 0 Å². The Morgan fingerprint density at radius 2 is 2.06 bits per heavy atom. The van der Waals surface area contributed by atoms with Crippen LogP contribution in [-0.2, 0) is 17.6 Å². The van der Waals surface area contributed by atoms with Crippen molar-refractivity contribution >= 4 is 17.3 Å². The number of fused-ring (bicyclic) bond motifs is 2. The van der Waals surface area contributed by atoms with Crippen LogP contribution in [0.15, 0.2) is 35.7 Å². The third-order valence-corrected chi connectivity index (χ3v) is 4.58. The average molecular weight is 258 g/mol. The number of aryl methyl sites for hydroxylation is 2. The Kier molecular flexibility index (Phi) is 2.92. The minimum absolute atomic E-state index is 0.0162. The van der Waals surface area contributed by atoms with E-state index in [1.165, 1.54) is 21.6 Å². The lowest BCUT2D eigenvalue weighted by Gasteiger charge is -2.16. The lowest BCUT2D eigenvalue weighted by atomic mass is 9.87. The zero-order valence-electron chi connectivity index (χ0n) is 9.93. The second kappa shape index (κ2) is 4.58. The summed E-state index contributed by atoms with van der Waals surface area (Å²) in [7, 11) is 0. The molecule has 1 aliphatic rings. The zero-order chi connectivity index (χ0) is 12.5. The molecule has 0 saturated carbocycles. The maximum atomic E-state index is 11.1. The van der Waals surface area contributed by atoms with E-state index in [9.17, 15) is 4.79 Å². The summed E-state index contributed by atoms with van der Waals surface area (Å²) in [6.07, 6.45) is 2.22. The summed E-state index contributed by atoms with van der Waals surface area (Å²) in [4.78, 5) is 12.5. The number of thiophene rings is 1.